The fourth-order valence-electron chi connectivity index (χ4n) is 9.41. The van der Waals surface area contributed by atoms with E-state index < -0.39 is 32.2 Å². The minimum atomic E-state index is -2.99. The van der Waals surface area contributed by atoms with Gasteiger partial charge in [-0.2, -0.15) is 0 Å². The summed E-state index contributed by atoms with van der Waals surface area (Å²) in [4.78, 5) is 30.1. The summed E-state index contributed by atoms with van der Waals surface area (Å²) >= 11 is 0. The minimum Gasteiger partial charge on any atom is -0.508 e. The van der Waals surface area contributed by atoms with Crippen molar-refractivity contribution in [2.75, 3.05) is 13.2 Å². The molecule has 0 spiro atoms. The number of carbonyl (C=O) groups excluding carboxylic acids is 2. The molecular weight excluding hydrogens is 679 g/mol. The fourth-order valence-corrected chi connectivity index (χ4v) is 14.0. The van der Waals surface area contributed by atoms with E-state index in [1.54, 1.807) is 17.0 Å². The molecule has 282 valence electrons. The van der Waals surface area contributed by atoms with Gasteiger partial charge >= 0.3 is 0 Å². The summed E-state index contributed by atoms with van der Waals surface area (Å²) in [5, 5.41) is 35.1. The van der Waals surface area contributed by atoms with Gasteiger partial charge in [-0.1, -0.05) is 131 Å². The van der Waals surface area contributed by atoms with E-state index in [-0.39, 0.29) is 41.9 Å². The first-order valence-corrected chi connectivity index (χ1v) is 21.5. The van der Waals surface area contributed by atoms with Crippen LogP contribution in [-0.4, -0.2) is 65.7 Å². The van der Waals surface area contributed by atoms with Gasteiger partial charge in [-0.25, -0.2) is 0 Å². The molecule has 4 atom stereocenters. The molecule has 6 rings (SSSR count). The number of imide groups is 1. The maximum atomic E-state index is 14.3. The monoisotopic (exact) mass is 735 g/mol. The highest BCUT2D eigenvalue weighted by atomic mass is 28.4. The van der Waals surface area contributed by atoms with Crippen LogP contribution < -0.4 is 10.4 Å². The third kappa shape index (κ3) is 7.88. The average Bonchev–Trinajstić information content (AvgIpc) is 3.42. The van der Waals surface area contributed by atoms with Gasteiger partial charge in [-0.3, -0.25) is 14.5 Å². The topological polar surface area (TPSA) is 107 Å². The number of hydrogen-bond donors (Lipinski definition) is 3. The number of amides is 2. The summed E-state index contributed by atoms with van der Waals surface area (Å²) in [5.74, 6) is -2.08. The van der Waals surface area contributed by atoms with Gasteiger partial charge < -0.3 is 19.7 Å². The molecule has 53 heavy (non-hydrogen) atoms. The van der Waals surface area contributed by atoms with Crippen LogP contribution in [0.4, 0.5) is 0 Å². The van der Waals surface area contributed by atoms with Gasteiger partial charge in [0, 0.05) is 12.0 Å². The lowest BCUT2D eigenvalue weighted by molar-refractivity contribution is -0.143. The highest BCUT2D eigenvalue weighted by Crippen LogP contribution is 2.48. The van der Waals surface area contributed by atoms with Crippen LogP contribution in [0, 0.1) is 17.8 Å². The summed E-state index contributed by atoms with van der Waals surface area (Å²) in [6.45, 7) is 8.62. The summed E-state index contributed by atoms with van der Waals surface area (Å²) in [6, 6.07) is 27.8. The average molecular weight is 736 g/mol. The lowest BCUT2D eigenvalue weighted by atomic mass is 9.68. The first-order chi connectivity index (χ1) is 25.5. The zero-order chi connectivity index (χ0) is 37.8. The Morgan fingerprint density at radius 2 is 1.51 bits per heavy atom. The van der Waals surface area contributed by atoms with Gasteiger partial charge in [0.15, 0.2) is 0 Å². The Hall–Kier alpha value is -3.82. The van der Waals surface area contributed by atoms with Crippen molar-refractivity contribution < 1.29 is 29.3 Å². The van der Waals surface area contributed by atoms with Crippen molar-refractivity contribution in [3.05, 3.63) is 107 Å². The first-order valence-electron chi connectivity index (χ1n) is 19.6. The molecule has 2 aliphatic carbocycles. The predicted octanol–water partition coefficient (Wildman–Crippen LogP) is 7.15. The lowest BCUT2D eigenvalue weighted by Crippen LogP contribution is -2.66. The standard InChI is InChI=1S/C45H57NO6Si/c1-5-31(27-32-21-24-35(48)25-22-32)23-26-40(49)41-33(28-38-42(39(41)29-47)44(51)46(43(38)50)34-15-9-6-10-16-34)30-52-53(45(2,3)4,36-17-11-7-12-18-36)37-19-13-8-14-20-37/h7-8,11-14,17-22,24-25,27,34,38-40,42,47-49H,5-6,9-10,15-16,23,26,28-30H2,1-4H3/b31-27+/t38-,39+,40-,42-/m1/s1. The highest BCUT2D eigenvalue weighted by molar-refractivity contribution is 6.99. The number of aromatic hydroxyl groups is 1. The number of carbonyl (C=O) groups is 2. The number of phenolic OH excluding ortho intramolecular Hbond substituents is 1. The van der Waals surface area contributed by atoms with Crippen molar-refractivity contribution in [2.24, 2.45) is 17.8 Å². The molecule has 2 fully saturated rings. The maximum absolute atomic E-state index is 14.3. The van der Waals surface area contributed by atoms with Gasteiger partial charge in [0.2, 0.25) is 11.8 Å². The summed E-state index contributed by atoms with van der Waals surface area (Å²) in [6.07, 6.45) is 8.02. The molecule has 3 N–H and O–H groups in total. The quantitative estimate of drug-likeness (QED) is 0.0979. The Balaban J connectivity index is 1.40. The molecule has 2 amide bonds. The van der Waals surface area contributed by atoms with Gasteiger partial charge in [0.25, 0.3) is 8.32 Å². The molecule has 0 radical (unpaired) electrons. The second-order valence-electron chi connectivity index (χ2n) is 16.3. The predicted molar refractivity (Wildman–Crippen MR) is 213 cm³/mol. The Morgan fingerprint density at radius 1 is 0.906 bits per heavy atom. The molecule has 1 saturated heterocycles. The Labute approximate surface area is 316 Å². The zero-order valence-electron chi connectivity index (χ0n) is 31.8. The van der Waals surface area contributed by atoms with E-state index in [1.807, 2.05) is 24.3 Å². The molecule has 1 heterocycles. The van der Waals surface area contributed by atoms with Crippen molar-refractivity contribution in [1.29, 1.82) is 0 Å². The van der Waals surface area contributed by atoms with Crippen LogP contribution in [0.2, 0.25) is 5.04 Å². The second kappa shape index (κ2) is 16.7. The number of benzene rings is 3. The van der Waals surface area contributed by atoms with Crippen molar-refractivity contribution in [1.82, 2.24) is 4.90 Å². The normalized spacial score (nSPS) is 22.3. The van der Waals surface area contributed by atoms with Gasteiger partial charge in [-0.05, 0) is 82.8 Å². The largest absolute Gasteiger partial charge is 0.508 e. The van der Waals surface area contributed by atoms with Crippen molar-refractivity contribution in [3.63, 3.8) is 0 Å². The van der Waals surface area contributed by atoms with Crippen LogP contribution in [0.1, 0.15) is 91.0 Å². The third-order valence-corrected chi connectivity index (χ3v) is 17.0. The number of hydrogen-bond acceptors (Lipinski definition) is 6. The van der Waals surface area contributed by atoms with Crippen LogP contribution in [0.25, 0.3) is 6.08 Å². The highest BCUT2D eigenvalue weighted by Gasteiger charge is 2.57. The van der Waals surface area contributed by atoms with E-state index in [4.69, 9.17) is 4.43 Å². The molecular formula is C45H57NO6Si. The SMILES string of the molecule is CC/C(=C\c1ccc(O)cc1)CC[C@@H](O)C1=C(CO[Si](c2ccccc2)(c2ccccc2)C(C)(C)C)C[C@H]2C(=O)N(C3CCCCC3)C(=O)[C@H]2[C@H]1CO. The number of fused-ring (bicyclic) bond motifs is 1. The van der Waals surface area contributed by atoms with E-state index >= 15 is 0 Å². The van der Waals surface area contributed by atoms with Crippen molar-refractivity contribution >= 4 is 36.6 Å². The Kier molecular flexibility index (Phi) is 12.2. The number of aliphatic hydroxyl groups excluding tert-OH is 2. The molecule has 3 aromatic rings. The van der Waals surface area contributed by atoms with Crippen LogP contribution in [0.5, 0.6) is 5.75 Å². The van der Waals surface area contributed by atoms with E-state index in [9.17, 15) is 24.9 Å². The molecule has 8 heteroatoms. The number of aliphatic hydroxyl groups is 2. The fraction of sp³-hybridized carbons (Fsp3) is 0.467. The van der Waals surface area contributed by atoms with Crippen molar-refractivity contribution in [2.45, 2.75) is 103 Å². The van der Waals surface area contributed by atoms with Crippen molar-refractivity contribution in [3.8, 4) is 5.75 Å². The van der Waals surface area contributed by atoms with E-state index in [1.165, 1.54) is 0 Å². The number of phenols is 1. The molecule has 3 aliphatic rings. The molecule has 1 aliphatic heterocycles. The molecule has 3 aromatic carbocycles. The Bertz CT molecular complexity index is 1740. The lowest BCUT2D eigenvalue weighted by Gasteiger charge is -2.44. The molecule has 1 saturated carbocycles. The molecule has 0 aromatic heterocycles. The zero-order valence-corrected chi connectivity index (χ0v) is 32.8. The van der Waals surface area contributed by atoms with E-state index in [0.29, 0.717) is 24.8 Å². The van der Waals surface area contributed by atoms with Gasteiger partial charge in [0.1, 0.15) is 5.75 Å². The van der Waals surface area contributed by atoms with E-state index in [2.05, 4.69) is 82.3 Å². The summed E-state index contributed by atoms with van der Waals surface area (Å²) in [7, 11) is -2.99. The minimum absolute atomic E-state index is 0.101. The van der Waals surface area contributed by atoms with Crippen LogP contribution in [-0.2, 0) is 14.0 Å². The first kappa shape index (κ1) is 38.9. The summed E-state index contributed by atoms with van der Waals surface area (Å²) in [5.41, 5.74) is 3.61. The van der Waals surface area contributed by atoms with Crippen LogP contribution in [0.15, 0.2) is 102 Å². The third-order valence-electron chi connectivity index (χ3n) is 12.1. The maximum Gasteiger partial charge on any atom is 0.261 e. The van der Waals surface area contributed by atoms with Gasteiger partial charge in [-0.15, -0.1) is 0 Å². The second-order valence-corrected chi connectivity index (χ2v) is 20.6. The van der Waals surface area contributed by atoms with Crippen LogP contribution >= 0.6 is 0 Å². The van der Waals surface area contributed by atoms with Crippen LogP contribution in [0.3, 0.4) is 0 Å². The number of likely N-dealkylation sites (tertiary alicyclic amines) is 1. The molecule has 0 bridgehead atoms. The number of nitrogens with zero attached hydrogens (tertiary/aromatic N) is 1. The molecule has 7 nitrogen and oxygen atoms in total. The summed E-state index contributed by atoms with van der Waals surface area (Å²) < 4.78 is 7.41. The van der Waals surface area contributed by atoms with Gasteiger partial charge in [0.05, 0.1) is 31.2 Å². The number of allylic oxidation sites excluding steroid dienone is 1. The number of rotatable bonds is 13. The smallest absolute Gasteiger partial charge is 0.261 e. The van der Waals surface area contributed by atoms with E-state index in [0.717, 1.165) is 65.6 Å². The molecule has 0 unspecified atom stereocenters. The Morgan fingerprint density at radius 3 is 2.06 bits per heavy atom.